The molecule has 1 saturated carbocycles. The number of thioether (sulfide) groups is 1. The van der Waals surface area contributed by atoms with Crippen molar-refractivity contribution in [2.24, 2.45) is 10.4 Å². The van der Waals surface area contributed by atoms with Crippen LogP contribution in [0.5, 0.6) is 5.75 Å². The molecule has 0 bridgehead atoms. The van der Waals surface area contributed by atoms with Gasteiger partial charge >= 0.3 is 0 Å². The van der Waals surface area contributed by atoms with Crippen molar-refractivity contribution >= 4 is 16.9 Å². The second-order valence-electron chi connectivity index (χ2n) is 5.78. The highest BCUT2D eigenvalue weighted by atomic mass is 32.2. The molecule has 3 nitrogen and oxygen atoms in total. The van der Waals surface area contributed by atoms with Crippen LogP contribution in [-0.2, 0) is 6.54 Å². The summed E-state index contributed by atoms with van der Waals surface area (Å²) in [4.78, 5) is 4.76. The van der Waals surface area contributed by atoms with Crippen molar-refractivity contribution in [2.75, 3.05) is 19.4 Å². The first-order valence-corrected chi connectivity index (χ1v) is 8.33. The van der Waals surface area contributed by atoms with E-state index in [1.165, 1.54) is 37.0 Å². The molecular formula is C16H22N2OS. The fourth-order valence-electron chi connectivity index (χ4n) is 3.11. The molecule has 1 fully saturated rings. The highest BCUT2D eigenvalue weighted by molar-refractivity contribution is 8.13. The number of para-hydroxylation sites is 1. The molecule has 1 spiro atoms. The van der Waals surface area contributed by atoms with E-state index in [0.29, 0.717) is 5.41 Å². The Morgan fingerprint density at radius 1 is 1.30 bits per heavy atom. The zero-order chi connectivity index (χ0) is 13.8. The topological polar surface area (TPSA) is 33.6 Å². The Labute approximate surface area is 125 Å². The molecule has 4 heteroatoms. The molecule has 0 atom stereocenters. The Hall–Kier alpha value is -1.16. The molecule has 1 heterocycles. The van der Waals surface area contributed by atoms with E-state index < -0.39 is 0 Å². The Kier molecular flexibility index (Phi) is 4.20. The maximum atomic E-state index is 5.37. The van der Waals surface area contributed by atoms with E-state index in [4.69, 9.17) is 9.73 Å². The van der Waals surface area contributed by atoms with Gasteiger partial charge in [0.2, 0.25) is 0 Å². The lowest BCUT2D eigenvalue weighted by Gasteiger charge is -2.31. The summed E-state index contributed by atoms with van der Waals surface area (Å²) in [5.74, 6) is 2.17. The zero-order valence-electron chi connectivity index (χ0n) is 12.0. The monoisotopic (exact) mass is 290 g/mol. The van der Waals surface area contributed by atoms with E-state index in [1.54, 1.807) is 7.11 Å². The van der Waals surface area contributed by atoms with E-state index in [0.717, 1.165) is 24.0 Å². The smallest absolute Gasteiger partial charge is 0.156 e. The first-order chi connectivity index (χ1) is 9.81. The van der Waals surface area contributed by atoms with Crippen LogP contribution in [0.2, 0.25) is 0 Å². The molecule has 1 aliphatic heterocycles. The van der Waals surface area contributed by atoms with Crippen LogP contribution in [0.3, 0.4) is 0 Å². The van der Waals surface area contributed by atoms with Gasteiger partial charge in [0.25, 0.3) is 0 Å². The van der Waals surface area contributed by atoms with E-state index in [1.807, 2.05) is 30.0 Å². The van der Waals surface area contributed by atoms with Crippen LogP contribution in [0.1, 0.15) is 31.2 Å². The predicted octanol–water partition coefficient (Wildman–Crippen LogP) is 3.45. The van der Waals surface area contributed by atoms with Crippen LogP contribution < -0.4 is 10.1 Å². The summed E-state index contributed by atoms with van der Waals surface area (Å²) in [6.45, 7) is 1.79. The molecule has 1 aromatic carbocycles. The molecule has 20 heavy (non-hydrogen) atoms. The van der Waals surface area contributed by atoms with E-state index in [-0.39, 0.29) is 0 Å². The molecule has 1 aromatic rings. The van der Waals surface area contributed by atoms with E-state index in [9.17, 15) is 0 Å². The second kappa shape index (κ2) is 6.08. The summed E-state index contributed by atoms with van der Waals surface area (Å²) in [5.41, 5.74) is 1.69. The largest absolute Gasteiger partial charge is 0.496 e. The van der Waals surface area contributed by atoms with E-state index in [2.05, 4.69) is 11.4 Å². The van der Waals surface area contributed by atoms with Crippen LogP contribution in [0.25, 0.3) is 0 Å². The van der Waals surface area contributed by atoms with Crippen LogP contribution in [0.15, 0.2) is 29.3 Å². The van der Waals surface area contributed by atoms with Crippen LogP contribution >= 0.6 is 11.8 Å². The van der Waals surface area contributed by atoms with Crippen molar-refractivity contribution in [2.45, 2.75) is 32.2 Å². The number of aliphatic imine (C=N–C) groups is 1. The van der Waals surface area contributed by atoms with Gasteiger partial charge in [0, 0.05) is 24.4 Å². The third kappa shape index (κ3) is 2.95. The van der Waals surface area contributed by atoms with E-state index >= 15 is 0 Å². The minimum atomic E-state index is 0.514. The summed E-state index contributed by atoms with van der Waals surface area (Å²) >= 11 is 1.89. The first-order valence-electron chi connectivity index (χ1n) is 7.34. The number of hydrogen-bond acceptors (Lipinski definition) is 4. The Balaban J connectivity index is 1.58. The van der Waals surface area contributed by atoms with Gasteiger partial charge in [0.15, 0.2) is 5.17 Å². The van der Waals surface area contributed by atoms with Gasteiger partial charge in [-0.1, -0.05) is 42.8 Å². The van der Waals surface area contributed by atoms with Crippen molar-refractivity contribution in [3.05, 3.63) is 29.8 Å². The molecule has 0 aromatic heterocycles. The fraction of sp³-hybridized carbons (Fsp3) is 0.562. The zero-order valence-corrected chi connectivity index (χ0v) is 12.8. The second-order valence-corrected chi connectivity index (χ2v) is 6.75. The lowest BCUT2D eigenvalue weighted by molar-refractivity contribution is 0.358. The lowest BCUT2D eigenvalue weighted by atomic mass is 9.89. The summed E-state index contributed by atoms with van der Waals surface area (Å²) in [7, 11) is 1.72. The first kappa shape index (κ1) is 13.8. The molecular weight excluding hydrogens is 268 g/mol. The van der Waals surface area contributed by atoms with Crippen molar-refractivity contribution in [1.82, 2.24) is 5.32 Å². The van der Waals surface area contributed by atoms with Gasteiger partial charge in [-0.05, 0) is 24.3 Å². The molecule has 1 aliphatic carbocycles. The predicted molar refractivity (Wildman–Crippen MR) is 85.5 cm³/mol. The SMILES string of the molecule is COc1ccccc1CNC1=NCC2(CCCC2)CS1. The van der Waals surface area contributed by atoms with Gasteiger partial charge in [-0.15, -0.1) is 0 Å². The number of hydrogen-bond donors (Lipinski definition) is 1. The van der Waals surface area contributed by atoms with Crippen LogP contribution in [0.4, 0.5) is 0 Å². The minimum Gasteiger partial charge on any atom is -0.496 e. The quantitative estimate of drug-likeness (QED) is 0.925. The number of rotatable bonds is 3. The molecule has 0 unspecified atom stereocenters. The third-order valence-corrected chi connectivity index (χ3v) is 5.66. The molecule has 0 radical (unpaired) electrons. The van der Waals surface area contributed by atoms with Gasteiger partial charge in [0.05, 0.1) is 7.11 Å². The van der Waals surface area contributed by atoms with Gasteiger partial charge < -0.3 is 10.1 Å². The van der Waals surface area contributed by atoms with Gasteiger partial charge in [-0.2, -0.15) is 0 Å². The maximum Gasteiger partial charge on any atom is 0.156 e. The van der Waals surface area contributed by atoms with Crippen molar-refractivity contribution in [3.63, 3.8) is 0 Å². The Morgan fingerprint density at radius 3 is 2.80 bits per heavy atom. The van der Waals surface area contributed by atoms with Crippen LogP contribution in [-0.4, -0.2) is 24.6 Å². The highest BCUT2D eigenvalue weighted by Gasteiger charge is 2.36. The van der Waals surface area contributed by atoms with Gasteiger partial charge in [0.1, 0.15) is 5.75 Å². The molecule has 1 N–H and O–H groups in total. The highest BCUT2D eigenvalue weighted by Crippen LogP contribution is 2.43. The number of ether oxygens (including phenoxy) is 1. The molecule has 2 aliphatic rings. The normalized spacial score (nSPS) is 20.8. The summed E-state index contributed by atoms with van der Waals surface area (Å²) in [6.07, 6.45) is 5.51. The maximum absolute atomic E-state index is 5.37. The van der Waals surface area contributed by atoms with Gasteiger partial charge in [-0.3, -0.25) is 4.99 Å². The standard InChI is InChI=1S/C16H22N2OS/c1-19-14-7-3-2-6-13(14)10-17-15-18-11-16(12-20-15)8-4-5-9-16/h2-3,6-7H,4-5,8-12H2,1H3,(H,17,18). The van der Waals surface area contributed by atoms with Crippen molar-refractivity contribution in [3.8, 4) is 5.75 Å². The molecule has 3 rings (SSSR count). The number of benzene rings is 1. The molecule has 0 saturated heterocycles. The summed E-state index contributed by atoms with van der Waals surface area (Å²) < 4.78 is 5.37. The number of methoxy groups -OCH3 is 1. The Bertz CT molecular complexity index is 495. The van der Waals surface area contributed by atoms with Gasteiger partial charge in [-0.25, -0.2) is 0 Å². The number of amidine groups is 1. The molecule has 108 valence electrons. The minimum absolute atomic E-state index is 0.514. The van der Waals surface area contributed by atoms with Crippen molar-refractivity contribution in [1.29, 1.82) is 0 Å². The fourth-order valence-corrected chi connectivity index (χ4v) is 4.26. The Morgan fingerprint density at radius 2 is 2.10 bits per heavy atom. The number of nitrogens with one attached hydrogen (secondary N) is 1. The third-order valence-electron chi connectivity index (χ3n) is 4.36. The average molecular weight is 290 g/mol. The lowest BCUT2D eigenvalue weighted by Crippen LogP contribution is -2.33. The summed E-state index contributed by atoms with van der Waals surface area (Å²) in [5, 5.41) is 4.54. The average Bonchev–Trinajstić information content (AvgIpc) is 2.95. The van der Waals surface area contributed by atoms with Crippen LogP contribution in [0, 0.1) is 5.41 Å². The van der Waals surface area contributed by atoms with Crippen molar-refractivity contribution < 1.29 is 4.74 Å². The molecule has 0 amide bonds. The number of nitrogens with zero attached hydrogens (tertiary/aromatic N) is 1. The summed E-state index contributed by atoms with van der Waals surface area (Å²) in [6, 6.07) is 8.14.